The highest BCUT2D eigenvalue weighted by Gasteiger charge is 2.29. The smallest absolute Gasteiger partial charge is 0.253 e. The maximum atomic E-state index is 12.8. The Labute approximate surface area is 154 Å². The van der Waals surface area contributed by atoms with Crippen LogP contribution in [-0.4, -0.2) is 53.7 Å². The second kappa shape index (κ2) is 8.34. The molecule has 0 spiro atoms. The zero-order chi connectivity index (χ0) is 18.5. The summed E-state index contributed by atoms with van der Waals surface area (Å²) in [5.41, 5.74) is 1.29. The molecule has 1 heterocycles. The first kappa shape index (κ1) is 18.4. The molecule has 0 bridgehead atoms. The second-order valence-corrected chi connectivity index (χ2v) is 7.21. The molecule has 1 saturated carbocycles. The van der Waals surface area contributed by atoms with Gasteiger partial charge in [-0.15, -0.1) is 0 Å². The van der Waals surface area contributed by atoms with E-state index in [0.29, 0.717) is 30.9 Å². The molecule has 1 aliphatic heterocycles. The number of carbonyl (C=O) groups is 3. The minimum atomic E-state index is -0.136. The number of amides is 3. The Morgan fingerprint density at radius 1 is 0.885 bits per heavy atom. The van der Waals surface area contributed by atoms with Crippen molar-refractivity contribution in [3.8, 4) is 0 Å². The summed E-state index contributed by atoms with van der Waals surface area (Å²) < 4.78 is 0. The van der Waals surface area contributed by atoms with Crippen molar-refractivity contribution < 1.29 is 14.4 Å². The van der Waals surface area contributed by atoms with E-state index in [4.69, 9.17) is 0 Å². The van der Waals surface area contributed by atoms with Gasteiger partial charge in [-0.2, -0.15) is 0 Å². The first-order valence-electron chi connectivity index (χ1n) is 9.50. The van der Waals surface area contributed by atoms with Crippen LogP contribution in [0, 0.1) is 5.92 Å². The Kier molecular flexibility index (Phi) is 5.91. The van der Waals surface area contributed by atoms with Gasteiger partial charge in [0.1, 0.15) is 0 Å². The Hall–Kier alpha value is -2.37. The summed E-state index contributed by atoms with van der Waals surface area (Å²) in [6.07, 6.45) is 5.15. The fourth-order valence-corrected chi connectivity index (χ4v) is 3.85. The summed E-state index contributed by atoms with van der Waals surface area (Å²) in [5.74, 6) is 0.313. The number of nitrogens with zero attached hydrogens (tertiary/aromatic N) is 2. The lowest BCUT2D eigenvalue weighted by molar-refractivity contribution is -0.135. The lowest BCUT2D eigenvalue weighted by Crippen LogP contribution is -2.39. The monoisotopic (exact) mass is 357 g/mol. The van der Waals surface area contributed by atoms with Crippen molar-refractivity contribution >= 4 is 23.4 Å². The van der Waals surface area contributed by atoms with E-state index >= 15 is 0 Å². The Bertz CT molecular complexity index is 665. The third kappa shape index (κ3) is 4.42. The Morgan fingerprint density at radius 3 is 2.15 bits per heavy atom. The first-order chi connectivity index (χ1) is 12.5. The lowest BCUT2D eigenvalue weighted by atomic mass is 10.1. The van der Waals surface area contributed by atoms with Gasteiger partial charge in [-0.3, -0.25) is 14.4 Å². The normalized spacial score (nSPS) is 18.5. The van der Waals surface area contributed by atoms with E-state index in [-0.39, 0.29) is 23.6 Å². The quantitative estimate of drug-likeness (QED) is 0.904. The highest BCUT2D eigenvalue weighted by Crippen LogP contribution is 2.27. The lowest BCUT2D eigenvalue weighted by Gasteiger charge is -2.24. The SMILES string of the molecule is CC(=O)Nc1ccc(C(=O)N2CCCN(C(=O)C3CCCC3)CC2)cc1. The van der Waals surface area contributed by atoms with Crippen molar-refractivity contribution in [2.75, 3.05) is 31.5 Å². The fraction of sp³-hybridized carbons (Fsp3) is 0.550. The third-order valence-corrected chi connectivity index (χ3v) is 5.25. The maximum Gasteiger partial charge on any atom is 0.253 e. The van der Waals surface area contributed by atoms with E-state index in [1.54, 1.807) is 24.3 Å². The predicted molar refractivity (Wildman–Crippen MR) is 99.8 cm³/mol. The Balaban J connectivity index is 1.58. The van der Waals surface area contributed by atoms with Crippen LogP contribution in [0.5, 0.6) is 0 Å². The van der Waals surface area contributed by atoms with Gasteiger partial charge in [0.05, 0.1) is 0 Å². The van der Waals surface area contributed by atoms with Crippen LogP contribution in [-0.2, 0) is 9.59 Å². The van der Waals surface area contributed by atoms with Gasteiger partial charge in [0.15, 0.2) is 0 Å². The van der Waals surface area contributed by atoms with E-state index in [1.165, 1.54) is 6.92 Å². The summed E-state index contributed by atoms with van der Waals surface area (Å²) in [5, 5.41) is 2.70. The van der Waals surface area contributed by atoms with Gasteiger partial charge < -0.3 is 15.1 Å². The number of benzene rings is 1. The zero-order valence-electron chi connectivity index (χ0n) is 15.4. The molecule has 0 aromatic heterocycles. The molecule has 1 N–H and O–H groups in total. The third-order valence-electron chi connectivity index (χ3n) is 5.25. The summed E-state index contributed by atoms with van der Waals surface area (Å²) in [4.78, 5) is 40.2. The van der Waals surface area contributed by atoms with Crippen LogP contribution in [0.3, 0.4) is 0 Å². The largest absolute Gasteiger partial charge is 0.341 e. The number of nitrogens with one attached hydrogen (secondary N) is 1. The standard InChI is InChI=1S/C20H27N3O3/c1-15(24)21-18-9-7-17(8-10-18)20(26)23-12-4-11-22(13-14-23)19(25)16-5-2-3-6-16/h7-10,16H,2-6,11-14H2,1H3,(H,21,24). The molecule has 6 heteroatoms. The van der Waals surface area contributed by atoms with Crippen molar-refractivity contribution in [1.82, 2.24) is 9.80 Å². The van der Waals surface area contributed by atoms with E-state index in [1.807, 2.05) is 9.80 Å². The molecule has 2 aliphatic rings. The van der Waals surface area contributed by atoms with Crippen LogP contribution in [0.25, 0.3) is 0 Å². The molecule has 1 saturated heterocycles. The number of anilines is 1. The molecule has 26 heavy (non-hydrogen) atoms. The van der Waals surface area contributed by atoms with Crippen LogP contribution in [0.4, 0.5) is 5.69 Å². The average molecular weight is 357 g/mol. The van der Waals surface area contributed by atoms with Crippen LogP contribution in [0.2, 0.25) is 0 Å². The summed E-state index contributed by atoms with van der Waals surface area (Å²) >= 11 is 0. The van der Waals surface area contributed by atoms with Gasteiger partial charge in [-0.1, -0.05) is 12.8 Å². The van der Waals surface area contributed by atoms with Crippen LogP contribution in [0.15, 0.2) is 24.3 Å². The van der Waals surface area contributed by atoms with E-state index in [2.05, 4.69) is 5.32 Å². The predicted octanol–water partition coefficient (Wildman–Crippen LogP) is 2.51. The second-order valence-electron chi connectivity index (χ2n) is 7.21. The fourth-order valence-electron chi connectivity index (χ4n) is 3.85. The van der Waals surface area contributed by atoms with E-state index in [0.717, 1.165) is 38.6 Å². The van der Waals surface area contributed by atoms with Crippen LogP contribution < -0.4 is 5.32 Å². The number of hydrogen-bond donors (Lipinski definition) is 1. The Morgan fingerprint density at radius 2 is 1.50 bits per heavy atom. The minimum Gasteiger partial charge on any atom is -0.341 e. The molecule has 3 amide bonds. The van der Waals surface area contributed by atoms with Gasteiger partial charge in [-0.25, -0.2) is 0 Å². The van der Waals surface area contributed by atoms with Crippen LogP contribution >= 0.6 is 0 Å². The molecule has 0 unspecified atom stereocenters. The number of rotatable bonds is 3. The molecule has 1 aromatic carbocycles. The minimum absolute atomic E-state index is 0.0189. The molecule has 1 aliphatic carbocycles. The highest BCUT2D eigenvalue weighted by molar-refractivity contribution is 5.95. The maximum absolute atomic E-state index is 12.8. The summed E-state index contributed by atoms with van der Waals surface area (Å²) in [6.45, 7) is 4.05. The van der Waals surface area contributed by atoms with Gasteiger partial charge >= 0.3 is 0 Å². The van der Waals surface area contributed by atoms with Gasteiger partial charge in [-0.05, 0) is 43.5 Å². The highest BCUT2D eigenvalue weighted by atomic mass is 16.2. The van der Waals surface area contributed by atoms with Crippen molar-refractivity contribution in [3.05, 3.63) is 29.8 Å². The summed E-state index contributed by atoms with van der Waals surface area (Å²) in [6, 6.07) is 6.95. The average Bonchev–Trinajstić information content (AvgIpc) is 3.05. The first-order valence-corrected chi connectivity index (χ1v) is 9.50. The van der Waals surface area contributed by atoms with E-state index in [9.17, 15) is 14.4 Å². The molecule has 0 radical (unpaired) electrons. The summed E-state index contributed by atoms with van der Waals surface area (Å²) in [7, 11) is 0. The molecular formula is C20H27N3O3. The molecule has 3 rings (SSSR count). The van der Waals surface area contributed by atoms with Gasteiger partial charge in [0.2, 0.25) is 11.8 Å². The van der Waals surface area contributed by atoms with E-state index < -0.39 is 0 Å². The molecule has 140 valence electrons. The van der Waals surface area contributed by atoms with Crippen molar-refractivity contribution in [2.24, 2.45) is 5.92 Å². The number of hydrogen-bond acceptors (Lipinski definition) is 3. The topological polar surface area (TPSA) is 69.7 Å². The van der Waals surface area contributed by atoms with Crippen molar-refractivity contribution in [2.45, 2.75) is 39.0 Å². The zero-order valence-corrected chi connectivity index (χ0v) is 15.4. The molecule has 6 nitrogen and oxygen atoms in total. The van der Waals surface area contributed by atoms with Crippen molar-refractivity contribution in [1.29, 1.82) is 0 Å². The van der Waals surface area contributed by atoms with Gasteiger partial charge in [0, 0.05) is 50.3 Å². The molecule has 0 atom stereocenters. The number of carbonyl (C=O) groups excluding carboxylic acids is 3. The molecule has 1 aromatic rings. The van der Waals surface area contributed by atoms with Gasteiger partial charge in [0.25, 0.3) is 5.91 Å². The molecule has 2 fully saturated rings. The van der Waals surface area contributed by atoms with Crippen molar-refractivity contribution in [3.63, 3.8) is 0 Å². The van der Waals surface area contributed by atoms with Crippen LogP contribution in [0.1, 0.15) is 49.4 Å². The molecular weight excluding hydrogens is 330 g/mol.